The number of anilines is 1. The molecule has 154 valence electrons. The molecule has 2 aromatic carbocycles. The number of carbonyl (C=O) groups excluding carboxylic acids is 2. The molecular weight excluding hydrogens is 405 g/mol. The lowest BCUT2D eigenvalue weighted by Gasteiger charge is -2.08. The number of nitrogens with zero attached hydrogens (tertiary/aromatic N) is 2. The summed E-state index contributed by atoms with van der Waals surface area (Å²) in [6, 6.07) is 14.3. The zero-order chi connectivity index (χ0) is 21.5. The maximum absolute atomic E-state index is 13.5. The zero-order valence-corrected chi connectivity index (χ0v) is 17.3. The fourth-order valence-electron chi connectivity index (χ4n) is 2.61. The highest BCUT2D eigenvalue weighted by Crippen LogP contribution is 2.22. The van der Waals surface area contributed by atoms with Crippen molar-refractivity contribution in [2.45, 2.75) is 18.9 Å². The number of ether oxygens (including phenoxy) is 1. The number of nitrogens with one attached hydrogen (secondary N) is 1. The molecule has 8 heteroatoms. The quantitative estimate of drug-likeness (QED) is 0.341. The topological polar surface area (TPSA) is 81.2 Å². The van der Waals surface area contributed by atoms with E-state index in [0.717, 1.165) is 5.69 Å². The first-order valence-corrected chi connectivity index (χ1v) is 10.2. The van der Waals surface area contributed by atoms with Crippen molar-refractivity contribution < 1.29 is 18.7 Å². The molecule has 0 aliphatic carbocycles. The molecule has 1 N–H and O–H groups in total. The molecule has 1 aromatic heterocycles. The van der Waals surface area contributed by atoms with E-state index in [2.05, 4.69) is 15.3 Å². The Kier molecular flexibility index (Phi) is 7.13. The third-order valence-electron chi connectivity index (χ3n) is 3.94. The molecule has 6 nitrogen and oxygen atoms in total. The fraction of sp³-hybridized carbons (Fsp3) is 0.182. The molecule has 0 saturated heterocycles. The van der Waals surface area contributed by atoms with Crippen LogP contribution in [0.3, 0.4) is 0 Å². The molecule has 0 aliphatic rings. The van der Waals surface area contributed by atoms with Crippen LogP contribution in [0, 0.1) is 12.7 Å². The summed E-state index contributed by atoms with van der Waals surface area (Å²) in [7, 11) is 0. The molecule has 30 heavy (non-hydrogen) atoms. The number of rotatable bonds is 7. The van der Waals surface area contributed by atoms with Crippen LogP contribution in [-0.2, 0) is 9.53 Å². The zero-order valence-electron chi connectivity index (χ0n) is 16.5. The van der Waals surface area contributed by atoms with Crippen LogP contribution < -0.4 is 5.32 Å². The van der Waals surface area contributed by atoms with E-state index >= 15 is 0 Å². The van der Waals surface area contributed by atoms with Gasteiger partial charge in [0.2, 0.25) is 5.91 Å². The highest BCUT2D eigenvalue weighted by Gasteiger charge is 2.10. The average Bonchev–Trinajstić information content (AvgIpc) is 2.72. The number of amides is 1. The minimum atomic E-state index is -0.404. The van der Waals surface area contributed by atoms with E-state index in [1.165, 1.54) is 23.9 Å². The van der Waals surface area contributed by atoms with E-state index in [4.69, 9.17) is 4.74 Å². The number of carbonyl (C=O) groups is 2. The molecule has 0 fully saturated rings. The van der Waals surface area contributed by atoms with Gasteiger partial charge < -0.3 is 10.1 Å². The largest absolute Gasteiger partial charge is 0.462 e. The van der Waals surface area contributed by atoms with E-state index in [-0.39, 0.29) is 17.5 Å². The number of aryl methyl sites for hydroxylation is 1. The summed E-state index contributed by atoms with van der Waals surface area (Å²) < 4.78 is 18.4. The number of aromatic nitrogens is 2. The second kappa shape index (κ2) is 9.98. The van der Waals surface area contributed by atoms with Crippen LogP contribution in [0.1, 0.15) is 23.0 Å². The Hall–Kier alpha value is -3.26. The fourth-order valence-corrected chi connectivity index (χ4v) is 3.37. The Balaban J connectivity index is 1.61. The molecule has 0 atom stereocenters. The van der Waals surface area contributed by atoms with Gasteiger partial charge in [-0.15, -0.1) is 0 Å². The number of benzene rings is 2. The summed E-state index contributed by atoms with van der Waals surface area (Å²) >= 11 is 1.26. The molecule has 0 bridgehead atoms. The van der Waals surface area contributed by atoms with Gasteiger partial charge in [0.05, 0.1) is 17.9 Å². The van der Waals surface area contributed by atoms with Gasteiger partial charge in [0.15, 0.2) is 5.82 Å². The first kappa shape index (κ1) is 21.4. The summed E-state index contributed by atoms with van der Waals surface area (Å²) in [5, 5.41) is 3.39. The molecule has 0 aliphatic heterocycles. The van der Waals surface area contributed by atoms with Gasteiger partial charge in [-0.1, -0.05) is 23.9 Å². The minimum absolute atomic E-state index is 0.138. The Bertz CT molecular complexity index is 1060. The second-order valence-electron chi connectivity index (χ2n) is 6.32. The Morgan fingerprint density at radius 3 is 2.57 bits per heavy atom. The van der Waals surface area contributed by atoms with E-state index in [1.54, 1.807) is 49.4 Å². The van der Waals surface area contributed by atoms with Crippen LogP contribution in [0.4, 0.5) is 10.1 Å². The van der Waals surface area contributed by atoms with Crippen molar-refractivity contribution in [1.29, 1.82) is 0 Å². The summed E-state index contributed by atoms with van der Waals surface area (Å²) in [5.41, 5.74) is 2.30. The molecular formula is C22H20FN3O3S. The van der Waals surface area contributed by atoms with Gasteiger partial charge in [-0.05, 0) is 56.3 Å². The normalized spacial score (nSPS) is 10.5. The van der Waals surface area contributed by atoms with Crippen LogP contribution in [0.15, 0.2) is 59.6 Å². The Morgan fingerprint density at radius 1 is 1.10 bits per heavy atom. The molecule has 0 radical (unpaired) electrons. The number of hydrogen-bond acceptors (Lipinski definition) is 6. The SMILES string of the molecule is CCOC(=O)c1ccc(NC(=O)CSc2cc(C)nc(-c3cccc(F)c3)n2)cc1. The Morgan fingerprint density at radius 2 is 1.87 bits per heavy atom. The maximum Gasteiger partial charge on any atom is 0.338 e. The van der Waals surface area contributed by atoms with Crippen molar-refractivity contribution in [3.63, 3.8) is 0 Å². The predicted octanol–water partition coefficient (Wildman–Crippen LogP) is 4.50. The van der Waals surface area contributed by atoms with Gasteiger partial charge in [0.25, 0.3) is 0 Å². The van der Waals surface area contributed by atoms with Crippen molar-refractivity contribution in [2.24, 2.45) is 0 Å². The monoisotopic (exact) mass is 425 g/mol. The van der Waals surface area contributed by atoms with Crippen molar-refractivity contribution in [3.05, 3.63) is 71.7 Å². The molecule has 0 spiro atoms. The standard InChI is InChI=1S/C22H20FN3O3S/c1-3-29-22(28)15-7-9-18(10-8-15)25-19(27)13-30-20-11-14(2)24-21(26-20)16-5-4-6-17(23)12-16/h4-12H,3,13H2,1-2H3,(H,25,27). The molecule has 1 heterocycles. The lowest BCUT2D eigenvalue weighted by atomic mass is 10.2. The van der Waals surface area contributed by atoms with E-state index in [0.29, 0.717) is 34.3 Å². The van der Waals surface area contributed by atoms with Crippen molar-refractivity contribution in [2.75, 3.05) is 17.7 Å². The van der Waals surface area contributed by atoms with E-state index in [9.17, 15) is 14.0 Å². The smallest absolute Gasteiger partial charge is 0.338 e. The first-order valence-electron chi connectivity index (χ1n) is 9.26. The molecule has 3 rings (SSSR count). The summed E-state index contributed by atoms with van der Waals surface area (Å²) in [4.78, 5) is 32.7. The van der Waals surface area contributed by atoms with Gasteiger partial charge in [0.1, 0.15) is 10.8 Å². The highest BCUT2D eigenvalue weighted by atomic mass is 32.2. The number of thioether (sulfide) groups is 1. The van der Waals surface area contributed by atoms with Crippen LogP contribution >= 0.6 is 11.8 Å². The van der Waals surface area contributed by atoms with Crippen molar-refractivity contribution >= 4 is 29.3 Å². The summed E-state index contributed by atoms with van der Waals surface area (Å²) in [6.45, 7) is 3.86. The maximum atomic E-state index is 13.5. The van der Waals surface area contributed by atoms with Gasteiger partial charge in [0, 0.05) is 16.9 Å². The van der Waals surface area contributed by atoms with Crippen molar-refractivity contribution in [3.8, 4) is 11.4 Å². The molecule has 3 aromatic rings. The number of halogens is 1. The lowest BCUT2D eigenvalue weighted by Crippen LogP contribution is -2.14. The first-order chi connectivity index (χ1) is 14.4. The Labute approximate surface area is 177 Å². The second-order valence-corrected chi connectivity index (χ2v) is 7.31. The third-order valence-corrected chi connectivity index (χ3v) is 4.86. The van der Waals surface area contributed by atoms with E-state index in [1.807, 2.05) is 6.92 Å². The average molecular weight is 425 g/mol. The van der Waals surface area contributed by atoms with Gasteiger partial charge in [-0.25, -0.2) is 19.2 Å². The number of esters is 1. The molecule has 1 amide bonds. The summed E-state index contributed by atoms with van der Waals surface area (Å²) in [6.07, 6.45) is 0. The molecule has 0 saturated carbocycles. The third kappa shape index (κ3) is 5.87. The van der Waals surface area contributed by atoms with Crippen LogP contribution in [-0.4, -0.2) is 34.2 Å². The van der Waals surface area contributed by atoms with Gasteiger partial charge >= 0.3 is 5.97 Å². The molecule has 0 unspecified atom stereocenters. The van der Waals surface area contributed by atoms with Crippen LogP contribution in [0.25, 0.3) is 11.4 Å². The van der Waals surface area contributed by atoms with E-state index < -0.39 is 5.97 Å². The van der Waals surface area contributed by atoms with Gasteiger partial charge in [-0.3, -0.25) is 4.79 Å². The van der Waals surface area contributed by atoms with Gasteiger partial charge in [-0.2, -0.15) is 0 Å². The number of hydrogen-bond donors (Lipinski definition) is 1. The minimum Gasteiger partial charge on any atom is -0.462 e. The van der Waals surface area contributed by atoms with Crippen LogP contribution in [0.2, 0.25) is 0 Å². The van der Waals surface area contributed by atoms with Crippen LogP contribution in [0.5, 0.6) is 0 Å². The predicted molar refractivity (Wildman–Crippen MR) is 114 cm³/mol. The lowest BCUT2D eigenvalue weighted by molar-refractivity contribution is -0.113. The highest BCUT2D eigenvalue weighted by molar-refractivity contribution is 7.99. The van der Waals surface area contributed by atoms with Crippen molar-refractivity contribution in [1.82, 2.24) is 9.97 Å². The summed E-state index contributed by atoms with van der Waals surface area (Å²) in [5.74, 6) is -0.433.